The summed E-state index contributed by atoms with van der Waals surface area (Å²) >= 11 is 5.95. The minimum Gasteiger partial charge on any atom is -0.381 e. The zero-order chi connectivity index (χ0) is 14.6. The van der Waals surface area contributed by atoms with Crippen molar-refractivity contribution in [2.45, 2.75) is 31.2 Å². The first-order valence-electron chi connectivity index (χ1n) is 6.91. The number of nitrogens with two attached hydrogens (primary N) is 1. The summed E-state index contributed by atoms with van der Waals surface area (Å²) in [6, 6.07) is 7.36. The lowest BCUT2D eigenvalue weighted by atomic mass is 9.74. The van der Waals surface area contributed by atoms with Gasteiger partial charge in [0.25, 0.3) is 0 Å². The van der Waals surface area contributed by atoms with Crippen LogP contribution in [-0.2, 0) is 14.9 Å². The van der Waals surface area contributed by atoms with E-state index in [9.17, 15) is 4.79 Å². The average molecular weight is 297 g/mol. The molecule has 1 heterocycles. The zero-order valence-corrected chi connectivity index (χ0v) is 12.5. The lowest BCUT2D eigenvalue weighted by Crippen LogP contribution is -2.48. The van der Waals surface area contributed by atoms with Gasteiger partial charge in [0, 0.05) is 30.2 Å². The van der Waals surface area contributed by atoms with E-state index in [1.807, 2.05) is 24.3 Å². The summed E-state index contributed by atoms with van der Waals surface area (Å²) in [4.78, 5) is 11.7. The van der Waals surface area contributed by atoms with Crippen molar-refractivity contribution in [3.05, 3.63) is 34.9 Å². The van der Waals surface area contributed by atoms with Crippen LogP contribution in [0.1, 0.15) is 25.3 Å². The number of rotatable bonds is 4. The third kappa shape index (κ3) is 3.51. The highest BCUT2D eigenvalue weighted by molar-refractivity contribution is 6.30. The van der Waals surface area contributed by atoms with E-state index < -0.39 is 6.04 Å². The van der Waals surface area contributed by atoms with Crippen molar-refractivity contribution >= 4 is 17.5 Å². The van der Waals surface area contributed by atoms with Gasteiger partial charge in [-0.2, -0.15) is 0 Å². The van der Waals surface area contributed by atoms with Gasteiger partial charge >= 0.3 is 0 Å². The number of benzene rings is 1. The zero-order valence-electron chi connectivity index (χ0n) is 11.7. The second-order valence-electron chi connectivity index (χ2n) is 5.41. The van der Waals surface area contributed by atoms with Crippen LogP contribution in [0.5, 0.6) is 0 Å². The van der Waals surface area contributed by atoms with E-state index in [2.05, 4.69) is 5.32 Å². The number of carbonyl (C=O) groups is 1. The summed E-state index contributed by atoms with van der Waals surface area (Å²) in [5.74, 6) is -0.121. The Morgan fingerprint density at radius 1 is 1.40 bits per heavy atom. The molecule has 1 atom stereocenters. The molecule has 1 aromatic carbocycles. The molecular weight excluding hydrogens is 276 g/mol. The topological polar surface area (TPSA) is 64.4 Å². The predicted molar refractivity (Wildman–Crippen MR) is 79.8 cm³/mol. The van der Waals surface area contributed by atoms with Gasteiger partial charge in [0.2, 0.25) is 5.91 Å². The largest absolute Gasteiger partial charge is 0.381 e. The first-order chi connectivity index (χ1) is 9.53. The van der Waals surface area contributed by atoms with Crippen LogP contribution in [0.2, 0.25) is 5.02 Å². The molecule has 3 N–H and O–H groups in total. The number of ether oxygens (including phenoxy) is 1. The van der Waals surface area contributed by atoms with Crippen LogP contribution in [-0.4, -0.2) is 31.7 Å². The van der Waals surface area contributed by atoms with E-state index >= 15 is 0 Å². The maximum absolute atomic E-state index is 11.7. The van der Waals surface area contributed by atoms with Crippen LogP contribution in [0.15, 0.2) is 24.3 Å². The lowest BCUT2D eigenvalue weighted by Gasteiger charge is -2.38. The van der Waals surface area contributed by atoms with Gasteiger partial charge in [0.15, 0.2) is 0 Å². The maximum Gasteiger partial charge on any atom is 0.236 e. The molecule has 0 aromatic heterocycles. The Morgan fingerprint density at radius 3 is 2.55 bits per heavy atom. The first-order valence-corrected chi connectivity index (χ1v) is 7.28. The molecule has 0 unspecified atom stereocenters. The molecule has 0 aliphatic carbocycles. The molecule has 1 saturated heterocycles. The molecule has 110 valence electrons. The SMILES string of the molecule is C[C@@H](N)C(=O)NCC1(c2ccc(Cl)cc2)CCOCC1. The van der Waals surface area contributed by atoms with E-state index in [0.717, 1.165) is 17.9 Å². The van der Waals surface area contributed by atoms with E-state index in [1.165, 1.54) is 5.56 Å². The Labute approximate surface area is 124 Å². The summed E-state index contributed by atoms with van der Waals surface area (Å²) in [5, 5.41) is 3.67. The van der Waals surface area contributed by atoms with Crippen molar-refractivity contribution in [2.75, 3.05) is 19.8 Å². The van der Waals surface area contributed by atoms with Crippen LogP contribution in [0.3, 0.4) is 0 Å². The van der Waals surface area contributed by atoms with Gasteiger partial charge in [0.1, 0.15) is 0 Å². The molecule has 1 aliphatic rings. The quantitative estimate of drug-likeness (QED) is 0.891. The molecule has 0 bridgehead atoms. The summed E-state index contributed by atoms with van der Waals surface area (Å²) in [6.45, 7) is 3.68. The summed E-state index contributed by atoms with van der Waals surface area (Å²) < 4.78 is 5.46. The number of hydrogen-bond acceptors (Lipinski definition) is 3. The Balaban J connectivity index is 2.17. The van der Waals surface area contributed by atoms with Crippen molar-refractivity contribution in [3.63, 3.8) is 0 Å². The third-order valence-electron chi connectivity index (χ3n) is 3.92. The highest BCUT2D eigenvalue weighted by Gasteiger charge is 2.35. The Hall–Kier alpha value is -1.10. The Kier molecular flexibility index (Phi) is 5.02. The van der Waals surface area contributed by atoms with Crippen molar-refractivity contribution in [1.82, 2.24) is 5.32 Å². The van der Waals surface area contributed by atoms with E-state index in [4.69, 9.17) is 22.1 Å². The van der Waals surface area contributed by atoms with Crippen LogP contribution in [0.25, 0.3) is 0 Å². The molecule has 2 rings (SSSR count). The van der Waals surface area contributed by atoms with Crippen molar-refractivity contribution in [2.24, 2.45) is 5.73 Å². The predicted octanol–water partition coefficient (Wildman–Crippen LogP) is 1.85. The molecule has 1 amide bonds. The van der Waals surface area contributed by atoms with E-state index in [-0.39, 0.29) is 11.3 Å². The summed E-state index contributed by atoms with van der Waals surface area (Å²) in [5.41, 5.74) is 6.70. The van der Waals surface area contributed by atoms with Crippen LogP contribution in [0, 0.1) is 0 Å². The minimum atomic E-state index is -0.489. The molecule has 1 aromatic rings. The molecule has 0 radical (unpaired) electrons. The van der Waals surface area contributed by atoms with Gasteiger partial charge in [-0.25, -0.2) is 0 Å². The molecule has 0 saturated carbocycles. The fraction of sp³-hybridized carbons (Fsp3) is 0.533. The van der Waals surface area contributed by atoms with Gasteiger partial charge in [-0.05, 0) is 37.5 Å². The number of carbonyl (C=O) groups excluding carboxylic acids is 1. The lowest BCUT2D eigenvalue weighted by molar-refractivity contribution is -0.122. The molecular formula is C15H21ClN2O2. The maximum atomic E-state index is 11.7. The Morgan fingerprint density at radius 2 is 2.00 bits per heavy atom. The molecule has 5 heteroatoms. The summed E-state index contributed by atoms with van der Waals surface area (Å²) in [7, 11) is 0. The fourth-order valence-electron chi connectivity index (χ4n) is 2.55. The van der Waals surface area contributed by atoms with Crippen LogP contribution < -0.4 is 11.1 Å². The second-order valence-corrected chi connectivity index (χ2v) is 5.84. The van der Waals surface area contributed by atoms with Gasteiger partial charge < -0.3 is 15.8 Å². The van der Waals surface area contributed by atoms with Crippen molar-refractivity contribution in [1.29, 1.82) is 0 Å². The first kappa shape index (κ1) is 15.3. The van der Waals surface area contributed by atoms with Crippen LogP contribution >= 0.6 is 11.6 Å². The highest BCUT2D eigenvalue weighted by atomic mass is 35.5. The van der Waals surface area contributed by atoms with E-state index in [1.54, 1.807) is 6.92 Å². The smallest absolute Gasteiger partial charge is 0.236 e. The normalized spacial score (nSPS) is 19.4. The Bertz CT molecular complexity index is 453. The summed E-state index contributed by atoms with van der Waals surface area (Å²) in [6.07, 6.45) is 1.77. The minimum absolute atomic E-state index is 0.0899. The average Bonchev–Trinajstić information content (AvgIpc) is 2.46. The number of halogens is 1. The fourth-order valence-corrected chi connectivity index (χ4v) is 2.68. The molecule has 0 spiro atoms. The molecule has 4 nitrogen and oxygen atoms in total. The monoisotopic (exact) mass is 296 g/mol. The van der Waals surface area contributed by atoms with Crippen molar-refractivity contribution < 1.29 is 9.53 Å². The number of amides is 1. The van der Waals surface area contributed by atoms with Gasteiger partial charge in [-0.1, -0.05) is 23.7 Å². The van der Waals surface area contributed by atoms with Gasteiger partial charge in [-0.15, -0.1) is 0 Å². The van der Waals surface area contributed by atoms with Gasteiger partial charge in [0.05, 0.1) is 6.04 Å². The highest BCUT2D eigenvalue weighted by Crippen LogP contribution is 2.34. The standard InChI is InChI=1S/C15H21ClN2O2/c1-11(17)14(19)18-10-15(6-8-20-9-7-15)12-2-4-13(16)5-3-12/h2-5,11H,6-10,17H2,1H3,(H,18,19)/t11-/m1/s1. The molecule has 1 fully saturated rings. The number of hydrogen-bond donors (Lipinski definition) is 2. The van der Waals surface area contributed by atoms with Crippen LogP contribution in [0.4, 0.5) is 0 Å². The number of nitrogens with one attached hydrogen (secondary N) is 1. The molecule has 1 aliphatic heterocycles. The van der Waals surface area contributed by atoms with Gasteiger partial charge in [-0.3, -0.25) is 4.79 Å². The van der Waals surface area contributed by atoms with E-state index in [0.29, 0.717) is 19.8 Å². The molecule has 20 heavy (non-hydrogen) atoms. The second kappa shape index (κ2) is 6.57. The van der Waals surface area contributed by atoms with Crippen molar-refractivity contribution in [3.8, 4) is 0 Å². The third-order valence-corrected chi connectivity index (χ3v) is 4.17.